The number of aromatic nitrogens is 2. The van der Waals surface area contributed by atoms with E-state index in [1.54, 1.807) is 0 Å². The average Bonchev–Trinajstić information content (AvgIpc) is 3.11. The van der Waals surface area contributed by atoms with Crippen LogP contribution >= 0.6 is 0 Å². The average molecular weight is 354 g/mol. The van der Waals surface area contributed by atoms with Gasteiger partial charge in [-0.2, -0.15) is 0 Å². The fraction of sp³-hybridized carbons (Fsp3) is 0.619. The van der Waals surface area contributed by atoms with Crippen LogP contribution in [-0.4, -0.2) is 34.5 Å². The molecule has 1 saturated heterocycles. The molecule has 0 aliphatic carbocycles. The van der Waals surface area contributed by atoms with Crippen molar-refractivity contribution in [2.75, 3.05) is 24.5 Å². The minimum atomic E-state index is 0.842. The maximum atomic E-state index is 6.15. The number of nitrogens with zero attached hydrogens (tertiary/aromatic N) is 4. The molecule has 0 unspecified atom stereocenters. The van der Waals surface area contributed by atoms with Crippen LogP contribution in [0.15, 0.2) is 22.7 Å². The molecule has 0 aromatic carbocycles. The zero-order valence-electron chi connectivity index (χ0n) is 16.1. The maximum Gasteiger partial charge on any atom is 0.195 e. The smallest absolute Gasteiger partial charge is 0.195 e. The molecule has 1 fully saturated rings. The van der Waals surface area contributed by atoms with Crippen molar-refractivity contribution in [2.24, 2.45) is 5.92 Å². The molecule has 0 N–H and O–H groups in total. The van der Waals surface area contributed by atoms with E-state index in [4.69, 9.17) is 9.40 Å². The number of fused-ring (bicyclic) bond motifs is 1. The van der Waals surface area contributed by atoms with Crippen molar-refractivity contribution < 1.29 is 4.42 Å². The highest BCUT2D eigenvalue weighted by Gasteiger charge is 2.21. The predicted molar refractivity (Wildman–Crippen MR) is 103 cm³/mol. The van der Waals surface area contributed by atoms with E-state index in [9.17, 15) is 0 Å². The molecule has 0 amide bonds. The molecule has 2 aromatic heterocycles. The number of furan rings is 1. The van der Waals surface area contributed by atoms with Crippen molar-refractivity contribution in [2.45, 2.75) is 59.0 Å². The molecule has 0 bridgehead atoms. The Labute approximate surface area is 156 Å². The van der Waals surface area contributed by atoms with Gasteiger partial charge in [-0.1, -0.05) is 13.8 Å². The van der Waals surface area contributed by atoms with Crippen molar-refractivity contribution in [3.05, 3.63) is 41.2 Å². The van der Waals surface area contributed by atoms with Gasteiger partial charge in [-0.15, -0.1) is 0 Å². The third kappa shape index (κ3) is 3.93. The summed E-state index contributed by atoms with van der Waals surface area (Å²) >= 11 is 0. The van der Waals surface area contributed by atoms with Crippen molar-refractivity contribution in [1.82, 2.24) is 14.9 Å². The molecule has 140 valence electrons. The fourth-order valence-electron chi connectivity index (χ4n) is 3.97. The summed E-state index contributed by atoms with van der Waals surface area (Å²) in [6, 6.07) is 4.28. The summed E-state index contributed by atoms with van der Waals surface area (Å²) in [5, 5.41) is 0. The van der Waals surface area contributed by atoms with E-state index in [0.29, 0.717) is 0 Å². The highest BCUT2D eigenvalue weighted by molar-refractivity contribution is 5.37. The van der Waals surface area contributed by atoms with Crippen LogP contribution in [0, 0.1) is 5.92 Å². The van der Waals surface area contributed by atoms with Crippen LogP contribution in [-0.2, 0) is 25.9 Å². The standard InChI is InChI=1S/C21H30N4O/c1-3-4-20-22-13-17-14-24(10-9-19(17)23-20)15-18-5-6-21(26-18)25-11-7-16(2)8-12-25/h5-6,13,16H,3-4,7-12,14-15H2,1-2H3. The van der Waals surface area contributed by atoms with Gasteiger partial charge in [-0.25, -0.2) is 9.97 Å². The summed E-state index contributed by atoms with van der Waals surface area (Å²) in [4.78, 5) is 14.1. The lowest BCUT2D eigenvalue weighted by Gasteiger charge is -2.30. The topological polar surface area (TPSA) is 45.4 Å². The summed E-state index contributed by atoms with van der Waals surface area (Å²) in [6.07, 6.45) is 7.63. The van der Waals surface area contributed by atoms with E-state index < -0.39 is 0 Å². The van der Waals surface area contributed by atoms with Crippen molar-refractivity contribution >= 4 is 5.88 Å². The van der Waals surface area contributed by atoms with Gasteiger partial charge in [0.05, 0.1) is 6.54 Å². The van der Waals surface area contributed by atoms with Crippen LogP contribution < -0.4 is 4.90 Å². The Morgan fingerprint density at radius 2 is 2.04 bits per heavy atom. The first-order valence-corrected chi connectivity index (χ1v) is 10.1. The number of piperidine rings is 1. The van der Waals surface area contributed by atoms with E-state index in [2.05, 4.69) is 40.8 Å². The molecule has 0 saturated carbocycles. The molecule has 26 heavy (non-hydrogen) atoms. The molecule has 5 heteroatoms. The van der Waals surface area contributed by atoms with Gasteiger partial charge in [0.25, 0.3) is 0 Å². The zero-order valence-corrected chi connectivity index (χ0v) is 16.1. The molecule has 0 spiro atoms. The summed E-state index contributed by atoms with van der Waals surface area (Å²) in [5.41, 5.74) is 2.51. The van der Waals surface area contributed by atoms with Gasteiger partial charge >= 0.3 is 0 Å². The molecule has 5 nitrogen and oxygen atoms in total. The third-order valence-electron chi connectivity index (χ3n) is 5.66. The Hall–Kier alpha value is -1.88. The van der Waals surface area contributed by atoms with Crippen LogP contribution in [0.4, 0.5) is 5.88 Å². The molecule has 4 heterocycles. The third-order valence-corrected chi connectivity index (χ3v) is 5.66. The number of rotatable bonds is 5. The van der Waals surface area contributed by atoms with Crippen LogP contribution in [0.2, 0.25) is 0 Å². The first-order valence-electron chi connectivity index (χ1n) is 10.1. The lowest BCUT2D eigenvalue weighted by Crippen LogP contribution is -2.32. The van der Waals surface area contributed by atoms with Gasteiger partial charge in [0.2, 0.25) is 0 Å². The van der Waals surface area contributed by atoms with Crippen molar-refractivity contribution in [1.29, 1.82) is 0 Å². The van der Waals surface area contributed by atoms with Gasteiger partial charge in [0.15, 0.2) is 5.88 Å². The van der Waals surface area contributed by atoms with E-state index in [1.807, 2.05) is 6.20 Å². The second kappa shape index (κ2) is 7.78. The van der Waals surface area contributed by atoms with Crippen molar-refractivity contribution in [3.63, 3.8) is 0 Å². The Kier molecular flexibility index (Phi) is 5.25. The quantitative estimate of drug-likeness (QED) is 0.817. The van der Waals surface area contributed by atoms with Gasteiger partial charge < -0.3 is 9.32 Å². The Morgan fingerprint density at radius 1 is 1.19 bits per heavy atom. The summed E-state index contributed by atoms with van der Waals surface area (Å²) < 4.78 is 6.15. The number of aryl methyl sites for hydroxylation is 1. The second-order valence-electron chi connectivity index (χ2n) is 7.88. The van der Waals surface area contributed by atoms with E-state index >= 15 is 0 Å². The molecular weight excluding hydrogens is 324 g/mol. The van der Waals surface area contributed by atoms with Gasteiger partial charge in [0, 0.05) is 62.5 Å². The first kappa shape index (κ1) is 17.5. The zero-order chi connectivity index (χ0) is 17.9. The Balaban J connectivity index is 1.37. The highest BCUT2D eigenvalue weighted by Crippen LogP contribution is 2.26. The van der Waals surface area contributed by atoms with Crippen LogP contribution in [0.1, 0.15) is 56.0 Å². The summed E-state index contributed by atoms with van der Waals surface area (Å²) in [6.45, 7) is 9.55. The first-order chi connectivity index (χ1) is 12.7. The van der Waals surface area contributed by atoms with Crippen molar-refractivity contribution in [3.8, 4) is 0 Å². The van der Waals surface area contributed by atoms with E-state index in [1.165, 1.54) is 24.1 Å². The predicted octanol–water partition coefficient (Wildman–Crippen LogP) is 3.82. The van der Waals surface area contributed by atoms with E-state index in [0.717, 1.165) is 75.4 Å². The SMILES string of the molecule is CCCc1ncc2c(n1)CCN(Cc1ccc(N3CCC(C)CC3)o1)C2. The van der Waals surface area contributed by atoms with Gasteiger partial charge in [-0.3, -0.25) is 4.90 Å². The van der Waals surface area contributed by atoms with Gasteiger partial charge in [-0.05, 0) is 31.2 Å². The molecule has 2 aliphatic rings. The van der Waals surface area contributed by atoms with Gasteiger partial charge in [0.1, 0.15) is 11.6 Å². The maximum absolute atomic E-state index is 6.15. The second-order valence-corrected chi connectivity index (χ2v) is 7.88. The highest BCUT2D eigenvalue weighted by atomic mass is 16.4. The Morgan fingerprint density at radius 3 is 2.85 bits per heavy atom. The fourth-order valence-corrected chi connectivity index (χ4v) is 3.97. The largest absolute Gasteiger partial charge is 0.444 e. The minimum absolute atomic E-state index is 0.842. The van der Waals surface area contributed by atoms with Crippen LogP contribution in [0.5, 0.6) is 0 Å². The number of hydrogen-bond donors (Lipinski definition) is 0. The normalized spacial score (nSPS) is 18.9. The monoisotopic (exact) mass is 354 g/mol. The molecule has 4 rings (SSSR count). The van der Waals surface area contributed by atoms with Crippen LogP contribution in [0.3, 0.4) is 0 Å². The summed E-state index contributed by atoms with van der Waals surface area (Å²) in [7, 11) is 0. The Bertz CT molecular complexity index is 733. The minimum Gasteiger partial charge on any atom is -0.444 e. The van der Waals surface area contributed by atoms with Crippen LogP contribution in [0.25, 0.3) is 0 Å². The molecule has 0 radical (unpaired) electrons. The lowest BCUT2D eigenvalue weighted by molar-refractivity contribution is 0.223. The lowest BCUT2D eigenvalue weighted by atomic mass is 9.99. The van der Waals surface area contributed by atoms with E-state index in [-0.39, 0.29) is 0 Å². The molecule has 2 aliphatic heterocycles. The number of anilines is 1. The summed E-state index contributed by atoms with van der Waals surface area (Å²) in [5.74, 6) is 3.93. The number of hydrogen-bond acceptors (Lipinski definition) is 5. The molecular formula is C21H30N4O. The molecule has 2 aromatic rings. The molecule has 0 atom stereocenters.